The molecule has 0 spiro atoms. The lowest BCUT2D eigenvalue weighted by Crippen LogP contribution is -2.37. The van der Waals surface area contributed by atoms with E-state index in [0.29, 0.717) is 11.3 Å². The molecule has 6 rings (SSSR count). The van der Waals surface area contributed by atoms with Crippen molar-refractivity contribution in [3.05, 3.63) is 53.3 Å². The van der Waals surface area contributed by atoms with E-state index < -0.39 is 74.9 Å². The summed E-state index contributed by atoms with van der Waals surface area (Å²) in [6, 6.07) is 11.7. The van der Waals surface area contributed by atoms with E-state index in [1.807, 2.05) is 30.7 Å². The standard InChI is InChI=1S/C36H45ClN5O10P/c1-21(2)34(43)47-19-48-35(44)22(3)41-53(45,52-24-13-7-6-8-14-24)20-46-18-27-29-30(51-36(4,5)50-29)33(49-27)42-16-15-25-28(39-23-11-9-10-12-23)26(17-38)31(37)40-32(25)42/h6-8,13-16,21-23,27,29-30,33H,9-12,18-20H2,1-5H3,(H,39,40)(H,41,45)/t22?,27-,29-,30-,33-,53?/m1/s1. The SMILES string of the molecule is CC(C)C(=O)OCOC(=O)C(C)NP(=O)(COC[C@H]1O[C@@H](n2ccc3c(NC4CCCC4)c(C#N)c(Cl)nc32)[C@@H]2OC(C)(C)O[C@@H]21)Oc1ccccc1. The fraction of sp³-hybridized carbons (Fsp3) is 0.556. The van der Waals surface area contributed by atoms with Crippen LogP contribution in [0.5, 0.6) is 5.75 Å². The number of fused-ring (bicyclic) bond motifs is 2. The molecule has 0 radical (unpaired) electrons. The van der Waals surface area contributed by atoms with Crippen LogP contribution in [0.15, 0.2) is 42.6 Å². The number of ether oxygens (including phenoxy) is 6. The third kappa shape index (κ3) is 8.98. The van der Waals surface area contributed by atoms with Gasteiger partial charge in [-0.2, -0.15) is 5.26 Å². The predicted molar refractivity (Wildman–Crippen MR) is 193 cm³/mol. The summed E-state index contributed by atoms with van der Waals surface area (Å²) in [7, 11) is -3.93. The first kappa shape index (κ1) is 39.0. The summed E-state index contributed by atoms with van der Waals surface area (Å²) in [6.07, 6.45) is 3.05. The minimum absolute atomic E-state index is 0.0780. The number of hydrogen-bond acceptors (Lipinski definition) is 13. The van der Waals surface area contributed by atoms with Gasteiger partial charge in [0.1, 0.15) is 53.7 Å². The summed E-state index contributed by atoms with van der Waals surface area (Å²) in [5.74, 6) is -2.38. The van der Waals surface area contributed by atoms with E-state index in [-0.39, 0.29) is 29.1 Å². The zero-order valence-electron chi connectivity index (χ0n) is 30.3. The number of rotatable bonds is 15. The second kappa shape index (κ2) is 16.3. The summed E-state index contributed by atoms with van der Waals surface area (Å²) in [5.41, 5.74) is 1.44. The summed E-state index contributed by atoms with van der Waals surface area (Å²) < 4.78 is 57.1. The van der Waals surface area contributed by atoms with Crippen LogP contribution in [-0.2, 0) is 42.6 Å². The van der Waals surface area contributed by atoms with Gasteiger partial charge in [0.05, 0.1) is 18.2 Å². The van der Waals surface area contributed by atoms with Crippen molar-refractivity contribution >= 4 is 47.8 Å². The Kier molecular flexibility index (Phi) is 12.0. The van der Waals surface area contributed by atoms with Gasteiger partial charge in [0.25, 0.3) is 0 Å². The number of para-hydroxylation sites is 1. The van der Waals surface area contributed by atoms with E-state index in [2.05, 4.69) is 21.5 Å². The minimum Gasteiger partial charge on any atom is -0.431 e. The first-order valence-electron chi connectivity index (χ1n) is 17.7. The first-order valence-corrected chi connectivity index (χ1v) is 19.9. The van der Waals surface area contributed by atoms with Crippen molar-refractivity contribution < 1.29 is 47.1 Å². The zero-order chi connectivity index (χ0) is 37.9. The Balaban J connectivity index is 1.18. The van der Waals surface area contributed by atoms with Crippen molar-refractivity contribution in [2.24, 2.45) is 5.92 Å². The number of nitrogens with one attached hydrogen (secondary N) is 2. The van der Waals surface area contributed by atoms with Crippen molar-refractivity contribution in [1.82, 2.24) is 14.6 Å². The molecule has 3 fully saturated rings. The molecule has 3 aromatic rings. The summed E-state index contributed by atoms with van der Waals surface area (Å²) in [4.78, 5) is 29.1. The molecule has 2 unspecified atom stereocenters. The largest absolute Gasteiger partial charge is 0.431 e. The normalized spacial score (nSPS) is 24.0. The molecule has 0 bridgehead atoms. The number of halogens is 1. The molecule has 3 aliphatic rings. The van der Waals surface area contributed by atoms with E-state index >= 15 is 0 Å². The molecule has 1 saturated carbocycles. The topological polar surface area (TPSA) is 181 Å². The molecule has 1 aliphatic carbocycles. The number of carbonyl (C=O) groups is 2. The monoisotopic (exact) mass is 773 g/mol. The van der Waals surface area contributed by atoms with E-state index in [4.69, 9.17) is 44.5 Å². The smallest absolute Gasteiger partial charge is 0.342 e. The predicted octanol–water partition coefficient (Wildman–Crippen LogP) is 6.26. The third-order valence-electron chi connectivity index (χ3n) is 9.19. The van der Waals surface area contributed by atoms with Crippen molar-refractivity contribution in [1.29, 1.82) is 5.26 Å². The van der Waals surface area contributed by atoms with Crippen LogP contribution in [0, 0.1) is 17.2 Å². The highest BCUT2D eigenvalue weighted by Gasteiger charge is 2.56. The van der Waals surface area contributed by atoms with Crippen LogP contribution < -0.4 is 14.9 Å². The zero-order valence-corrected chi connectivity index (χ0v) is 31.9. The highest BCUT2D eigenvalue weighted by molar-refractivity contribution is 7.57. The second-order valence-electron chi connectivity index (χ2n) is 14.1. The lowest BCUT2D eigenvalue weighted by Gasteiger charge is -2.26. The van der Waals surface area contributed by atoms with Gasteiger partial charge in [-0.25, -0.2) is 10.1 Å². The van der Waals surface area contributed by atoms with Gasteiger partial charge >= 0.3 is 19.5 Å². The van der Waals surface area contributed by atoms with Gasteiger partial charge in [-0.1, -0.05) is 56.5 Å². The number of esters is 2. The van der Waals surface area contributed by atoms with Crippen LogP contribution in [0.25, 0.3) is 11.0 Å². The Labute approximate surface area is 313 Å². The van der Waals surface area contributed by atoms with Gasteiger partial charge in [-0.05, 0) is 51.8 Å². The Bertz CT molecular complexity index is 1880. The number of nitriles is 1. The molecule has 6 atom stereocenters. The summed E-state index contributed by atoms with van der Waals surface area (Å²) >= 11 is 6.59. The number of anilines is 1. The van der Waals surface area contributed by atoms with Crippen molar-refractivity contribution in [2.75, 3.05) is 25.1 Å². The molecule has 2 aliphatic heterocycles. The molecule has 2 N–H and O–H groups in total. The molecular weight excluding hydrogens is 729 g/mol. The van der Waals surface area contributed by atoms with Gasteiger partial charge in [-0.15, -0.1) is 0 Å². The summed E-state index contributed by atoms with van der Waals surface area (Å²) in [6.45, 7) is 7.71. The molecule has 0 amide bonds. The van der Waals surface area contributed by atoms with Gasteiger partial charge in [-0.3, -0.25) is 14.2 Å². The Hall–Kier alpha value is -3.74. The van der Waals surface area contributed by atoms with Crippen molar-refractivity contribution in [3.8, 4) is 11.8 Å². The van der Waals surface area contributed by atoms with Crippen molar-refractivity contribution in [2.45, 2.75) is 103 Å². The van der Waals surface area contributed by atoms with Gasteiger partial charge in [0, 0.05) is 17.6 Å². The van der Waals surface area contributed by atoms with E-state index in [1.165, 1.54) is 6.92 Å². The number of pyridine rings is 1. The highest BCUT2D eigenvalue weighted by Crippen LogP contribution is 2.47. The maximum absolute atomic E-state index is 14.2. The lowest BCUT2D eigenvalue weighted by molar-refractivity contribution is -0.201. The fourth-order valence-corrected chi connectivity index (χ4v) is 8.60. The lowest BCUT2D eigenvalue weighted by atomic mass is 10.1. The number of nitrogens with zero attached hydrogens (tertiary/aromatic N) is 3. The molecule has 286 valence electrons. The number of aromatic nitrogens is 2. The molecule has 17 heteroatoms. The van der Waals surface area contributed by atoms with Gasteiger partial charge in [0.15, 0.2) is 17.2 Å². The Morgan fingerprint density at radius 1 is 1.09 bits per heavy atom. The molecule has 2 aromatic heterocycles. The van der Waals surface area contributed by atoms with Gasteiger partial charge < -0.3 is 42.8 Å². The Morgan fingerprint density at radius 2 is 1.79 bits per heavy atom. The number of hydrogen-bond donors (Lipinski definition) is 2. The second-order valence-corrected chi connectivity index (χ2v) is 16.5. The fourth-order valence-electron chi connectivity index (χ4n) is 6.70. The summed E-state index contributed by atoms with van der Waals surface area (Å²) in [5, 5.41) is 17.0. The van der Waals surface area contributed by atoms with Crippen LogP contribution in [0.2, 0.25) is 5.15 Å². The van der Waals surface area contributed by atoms with Crippen LogP contribution in [0.4, 0.5) is 5.69 Å². The number of benzene rings is 1. The van der Waals surface area contributed by atoms with Crippen LogP contribution >= 0.6 is 19.1 Å². The van der Waals surface area contributed by atoms with E-state index in [9.17, 15) is 19.4 Å². The Morgan fingerprint density at radius 3 is 2.49 bits per heavy atom. The maximum Gasteiger partial charge on any atom is 0.342 e. The van der Waals surface area contributed by atoms with Crippen LogP contribution in [0.3, 0.4) is 0 Å². The van der Waals surface area contributed by atoms with Crippen LogP contribution in [0.1, 0.15) is 72.1 Å². The quantitative estimate of drug-likeness (QED) is 0.0764. The van der Waals surface area contributed by atoms with Gasteiger partial charge in [0.2, 0.25) is 6.79 Å². The molecule has 2 saturated heterocycles. The third-order valence-corrected chi connectivity index (χ3v) is 11.3. The maximum atomic E-state index is 14.2. The minimum atomic E-state index is -3.93. The van der Waals surface area contributed by atoms with E-state index in [1.54, 1.807) is 44.2 Å². The average Bonchev–Trinajstić information content (AvgIpc) is 3.90. The molecule has 53 heavy (non-hydrogen) atoms. The molecule has 15 nitrogen and oxygen atoms in total. The highest BCUT2D eigenvalue weighted by atomic mass is 35.5. The molecule has 1 aromatic carbocycles. The molecular formula is C36H45ClN5O10P. The average molecular weight is 774 g/mol. The molecule has 4 heterocycles. The van der Waals surface area contributed by atoms with E-state index in [0.717, 1.165) is 31.1 Å². The number of carbonyl (C=O) groups excluding carboxylic acids is 2. The van der Waals surface area contributed by atoms with Crippen LogP contribution in [-0.4, -0.2) is 77.4 Å². The first-order chi connectivity index (χ1) is 25.3. The van der Waals surface area contributed by atoms with Crippen molar-refractivity contribution in [3.63, 3.8) is 0 Å².